The van der Waals surface area contributed by atoms with E-state index in [9.17, 15) is 4.79 Å². The molecule has 4 nitrogen and oxygen atoms in total. The molecule has 102 valence electrons. The van der Waals surface area contributed by atoms with Crippen molar-refractivity contribution in [1.82, 2.24) is 0 Å². The summed E-state index contributed by atoms with van der Waals surface area (Å²) < 4.78 is 0. The number of benzene rings is 2. The van der Waals surface area contributed by atoms with Crippen molar-refractivity contribution in [2.45, 2.75) is 12.3 Å². The molecule has 1 unspecified atom stereocenters. The van der Waals surface area contributed by atoms with Crippen LogP contribution in [0.5, 0.6) is 0 Å². The van der Waals surface area contributed by atoms with Gasteiger partial charge in [0, 0.05) is 23.8 Å². The van der Waals surface area contributed by atoms with Crippen molar-refractivity contribution in [1.29, 1.82) is 0 Å². The van der Waals surface area contributed by atoms with Crippen molar-refractivity contribution in [3.8, 4) is 0 Å². The Bertz CT molecular complexity index is 667. The summed E-state index contributed by atoms with van der Waals surface area (Å²) in [6.07, 6.45) is 1.07. The summed E-state index contributed by atoms with van der Waals surface area (Å²) in [5.41, 5.74) is 9.65. The predicted octanol–water partition coefficient (Wildman–Crippen LogP) is 2.72. The van der Waals surface area contributed by atoms with Crippen LogP contribution < -0.4 is 11.1 Å². The number of rotatable bonds is 4. The zero-order valence-electron chi connectivity index (χ0n) is 11.0. The number of nitrogens with one attached hydrogen (secondary N) is 1. The van der Waals surface area contributed by atoms with Crippen LogP contribution in [0.2, 0.25) is 0 Å². The summed E-state index contributed by atoms with van der Waals surface area (Å²) in [4.78, 5) is 11.0. The first-order valence-corrected chi connectivity index (χ1v) is 6.59. The maximum atomic E-state index is 11.0. The molecule has 0 spiro atoms. The fourth-order valence-electron chi connectivity index (χ4n) is 2.64. The van der Waals surface area contributed by atoms with Gasteiger partial charge in [-0.25, -0.2) is 4.79 Å². The molecular formula is C16H16N2O2. The van der Waals surface area contributed by atoms with E-state index in [1.807, 2.05) is 6.07 Å². The molecule has 1 aliphatic rings. The predicted molar refractivity (Wildman–Crippen MR) is 79.2 cm³/mol. The molecule has 2 aromatic carbocycles. The lowest BCUT2D eigenvalue weighted by Gasteiger charge is -2.30. The van der Waals surface area contributed by atoms with Crippen LogP contribution in [0.3, 0.4) is 0 Å². The van der Waals surface area contributed by atoms with Gasteiger partial charge < -0.3 is 16.2 Å². The monoisotopic (exact) mass is 268 g/mol. The minimum Gasteiger partial charge on any atom is -0.478 e. The molecule has 0 saturated carbocycles. The molecule has 20 heavy (non-hydrogen) atoms. The number of nitrogens with two attached hydrogens (primary N) is 1. The SMILES string of the molecule is Nc1ccc(NCC2Cc3ccccc32)cc1C(=O)O. The Balaban J connectivity index is 1.68. The minimum absolute atomic E-state index is 0.143. The van der Waals surface area contributed by atoms with Crippen molar-refractivity contribution in [2.75, 3.05) is 17.6 Å². The summed E-state index contributed by atoms with van der Waals surface area (Å²) in [5.74, 6) is -0.503. The van der Waals surface area contributed by atoms with Crippen LogP contribution in [-0.4, -0.2) is 17.6 Å². The third-order valence-corrected chi connectivity index (χ3v) is 3.80. The normalized spacial score (nSPS) is 16.1. The van der Waals surface area contributed by atoms with Gasteiger partial charge in [-0.05, 0) is 35.7 Å². The van der Waals surface area contributed by atoms with E-state index in [1.54, 1.807) is 12.1 Å². The fraction of sp³-hybridized carbons (Fsp3) is 0.188. The second-order valence-electron chi connectivity index (χ2n) is 5.09. The van der Waals surface area contributed by atoms with E-state index in [1.165, 1.54) is 11.1 Å². The molecule has 4 heteroatoms. The molecule has 0 radical (unpaired) electrons. The zero-order valence-corrected chi connectivity index (χ0v) is 11.0. The van der Waals surface area contributed by atoms with Gasteiger partial charge in [-0.15, -0.1) is 0 Å². The minimum atomic E-state index is -1.000. The highest BCUT2D eigenvalue weighted by molar-refractivity contribution is 5.94. The molecule has 0 heterocycles. The molecule has 4 N–H and O–H groups in total. The Kier molecular flexibility index (Phi) is 3.06. The Labute approximate surface area is 117 Å². The summed E-state index contributed by atoms with van der Waals surface area (Å²) in [6.45, 7) is 0.806. The van der Waals surface area contributed by atoms with Gasteiger partial charge in [0.1, 0.15) is 0 Å². The first kappa shape index (κ1) is 12.5. The van der Waals surface area contributed by atoms with E-state index in [2.05, 4.69) is 29.6 Å². The maximum Gasteiger partial charge on any atom is 0.337 e. The molecule has 1 aliphatic carbocycles. The van der Waals surface area contributed by atoms with Crippen molar-refractivity contribution in [3.63, 3.8) is 0 Å². The van der Waals surface area contributed by atoms with E-state index >= 15 is 0 Å². The molecule has 0 aromatic heterocycles. The van der Waals surface area contributed by atoms with Gasteiger partial charge in [-0.2, -0.15) is 0 Å². The van der Waals surface area contributed by atoms with E-state index in [0.29, 0.717) is 5.92 Å². The number of anilines is 2. The molecule has 3 rings (SSSR count). The van der Waals surface area contributed by atoms with Gasteiger partial charge in [0.2, 0.25) is 0 Å². The summed E-state index contributed by atoms with van der Waals surface area (Å²) in [6, 6.07) is 13.4. The third kappa shape index (κ3) is 2.20. The average molecular weight is 268 g/mol. The number of fused-ring (bicyclic) bond motifs is 1. The van der Waals surface area contributed by atoms with Crippen LogP contribution in [0.1, 0.15) is 27.4 Å². The lowest BCUT2D eigenvalue weighted by molar-refractivity contribution is 0.0698. The van der Waals surface area contributed by atoms with Crippen molar-refractivity contribution in [2.24, 2.45) is 0 Å². The molecule has 0 bridgehead atoms. The number of aromatic carboxylic acids is 1. The molecule has 1 atom stereocenters. The first-order chi connectivity index (χ1) is 9.65. The first-order valence-electron chi connectivity index (χ1n) is 6.59. The zero-order chi connectivity index (χ0) is 14.1. The van der Waals surface area contributed by atoms with Gasteiger partial charge in [-0.1, -0.05) is 24.3 Å². The standard InChI is InChI=1S/C16H16N2O2/c17-15-6-5-12(8-14(15)16(19)20)18-9-11-7-10-3-1-2-4-13(10)11/h1-6,8,11,18H,7,9,17H2,(H,19,20). The number of hydrogen-bond donors (Lipinski definition) is 3. The fourth-order valence-corrected chi connectivity index (χ4v) is 2.64. The highest BCUT2D eigenvalue weighted by Crippen LogP contribution is 2.34. The van der Waals surface area contributed by atoms with Gasteiger partial charge in [0.05, 0.1) is 5.56 Å². The maximum absolute atomic E-state index is 11.0. The van der Waals surface area contributed by atoms with Crippen molar-refractivity contribution >= 4 is 17.3 Å². The number of hydrogen-bond acceptors (Lipinski definition) is 3. The Morgan fingerprint density at radius 3 is 2.85 bits per heavy atom. The largest absolute Gasteiger partial charge is 0.478 e. The molecule has 0 fully saturated rings. The molecule has 2 aromatic rings. The number of nitrogen functional groups attached to an aromatic ring is 1. The number of carbonyl (C=O) groups is 1. The molecular weight excluding hydrogens is 252 g/mol. The molecule has 0 saturated heterocycles. The topological polar surface area (TPSA) is 75.3 Å². The summed E-state index contributed by atoms with van der Waals surface area (Å²) in [7, 11) is 0. The lowest BCUT2D eigenvalue weighted by Crippen LogP contribution is -2.24. The second kappa shape index (κ2) is 4.89. The van der Waals surface area contributed by atoms with Crippen molar-refractivity contribution < 1.29 is 9.90 Å². The van der Waals surface area contributed by atoms with Crippen LogP contribution in [0.25, 0.3) is 0 Å². The van der Waals surface area contributed by atoms with Gasteiger partial charge in [0.15, 0.2) is 0 Å². The Hall–Kier alpha value is -2.49. The van der Waals surface area contributed by atoms with Crippen LogP contribution in [0.15, 0.2) is 42.5 Å². The summed E-state index contributed by atoms with van der Waals surface area (Å²) >= 11 is 0. The second-order valence-corrected chi connectivity index (χ2v) is 5.09. The van der Waals surface area contributed by atoms with Crippen LogP contribution in [-0.2, 0) is 6.42 Å². The highest BCUT2D eigenvalue weighted by atomic mass is 16.4. The molecule has 0 aliphatic heterocycles. The van der Waals surface area contributed by atoms with Crippen molar-refractivity contribution in [3.05, 3.63) is 59.2 Å². The van der Waals surface area contributed by atoms with E-state index in [4.69, 9.17) is 10.8 Å². The summed E-state index contributed by atoms with van der Waals surface area (Å²) in [5, 5.41) is 12.3. The van der Waals surface area contributed by atoms with E-state index in [0.717, 1.165) is 18.7 Å². The van der Waals surface area contributed by atoms with Crippen LogP contribution in [0, 0.1) is 0 Å². The number of carboxylic acids is 1. The Morgan fingerprint density at radius 2 is 2.10 bits per heavy atom. The van der Waals surface area contributed by atoms with E-state index < -0.39 is 5.97 Å². The lowest BCUT2D eigenvalue weighted by atomic mass is 9.77. The number of carboxylic acid groups (broad SMARTS) is 1. The van der Waals surface area contributed by atoms with Gasteiger partial charge in [-0.3, -0.25) is 0 Å². The third-order valence-electron chi connectivity index (χ3n) is 3.80. The van der Waals surface area contributed by atoms with Crippen LogP contribution >= 0.6 is 0 Å². The molecule has 0 amide bonds. The van der Waals surface area contributed by atoms with E-state index in [-0.39, 0.29) is 11.3 Å². The van der Waals surface area contributed by atoms with Gasteiger partial charge in [0.25, 0.3) is 0 Å². The van der Waals surface area contributed by atoms with Gasteiger partial charge >= 0.3 is 5.97 Å². The average Bonchev–Trinajstić information content (AvgIpc) is 2.41. The van der Waals surface area contributed by atoms with Crippen LogP contribution in [0.4, 0.5) is 11.4 Å². The smallest absolute Gasteiger partial charge is 0.337 e. The highest BCUT2D eigenvalue weighted by Gasteiger charge is 2.24. The quantitative estimate of drug-likeness (QED) is 0.745. The Morgan fingerprint density at radius 1 is 1.30 bits per heavy atom.